The van der Waals surface area contributed by atoms with Gasteiger partial charge in [-0.05, 0) is 70.3 Å². The highest BCUT2D eigenvalue weighted by Gasteiger charge is 2.27. The second-order valence-corrected chi connectivity index (χ2v) is 25.7. The summed E-state index contributed by atoms with van der Waals surface area (Å²) < 4.78 is 30.4. The van der Waals surface area contributed by atoms with E-state index in [1.165, 1.54) is 225 Å². The van der Waals surface area contributed by atoms with Gasteiger partial charge in [0.1, 0.15) is 19.3 Å². The number of hydrogen-bond acceptors (Lipinski definition) is 7. The van der Waals surface area contributed by atoms with Gasteiger partial charge in [-0.3, -0.25) is 14.2 Å². The number of nitrogens with zero attached hydrogens (tertiary/aromatic N) is 1. The molecule has 0 aliphatic rings. The molecule has 0 aromatic rings. The maximum atomic E-state index is 13.5. The van der Waals surface area contributed by atoms with Crippen LogP contribution in [0.1, 0.15) is 329 Å². The van der Waals surface area contributed by atoms with Gasteiger partial charge < -0.3 is 28.5 Å². The van der Waals surface area contributed by atoms with Gasteiger partial charge in [0.25, 0.3) is 7.82 Å². The highest BCUT2D eigenvalue weighted by Crippen LogP contribution is 2.38. The van der Waals surface area contributed by atoms with Crippen LogP contribution in [0.5, 0.6) is 0 Å². The number of ether oxygens (including phenoxy) is 1. The minimum Gasteiger partial charge on any atom is -0.756 e. The van der Waals surface area contributed by atoms with Crippen LogP contribution in [-0.4, -0.2) is 69.4 Å². The van der Waals surface area contributed by atoms with E-state index in [-0.39, 0.29) is 31.5 Å². The average molecular weight is 1130 g/mol. The Labute approximate surface area is 490 Å². The first-order chi connectivity index (χ1) is 38.4. The van der Waals surface area contributed by atoms with E-state index in [1.54, 1.807) is 0 Å². The van der Waals surface area contributed by atoms with Crippen LogP contribution in [0.2, 0.25) is 0 Å². The van der Waals surface area contributed by atoms with Gasteiger partial charge in [0.2, 0.25) is 5.91 Å². The summed E-state index contributed by atoms with van der Waals surface area (Å²) in [6.45, 7) is 6.85. The SMILES string of the molecule is CCCCC/C=C\C/C=C\C/C=C\CCCCCCCCCCCCCCC(=O)OC(/C=C/CCCCCCCCCCC)C(COP(=O)([O-])OCC[N+](C)(C)C)NC(=O)CCCCCCCCCCCCCCCCCCC. The molecular weight excluding hydrogens is 1000 g/mol. The number of rotatable bonds is 62. The first kappa shape index (κ1) is 77.0. The van der Waals surface area contributed by atoms with E-state index in [4.69, 9.17) is 13.8 Å². The number of nitrogens with one attached hydrogen (secondary N) is 1. The van der Waals surface area contributed by atoms with Crippen molar-refractivity contribution < 1.29 is 37.3 Å². The third-order valence-corrected chi connectivity index (χ3v) is 16.2. The van der Waals surface area contributed by atoms with Gasteiger partial charge in [0.15, 0.2) is 0 Å². The van der Waals surface area contributed by atoms with Crippen molar-refractivity contribution in [2.45, 2.75) is 341 Å². The number of phosphoric ester groups is 1. The van der Waals surface area contributed by atoms with Crippen LogP contribution in [0, 0.1) is 0 Å². The fourth-order valence-corrected chi connectivity index (χ4v) is 10.7. The number of esters is 1. The number of allylic oxidation sites excluding steroid dienone is 7. The third kappa shape index (κ3) is 60.4. The van der Waals surface area contributed by atoms with Crippen molar-refractivity contribution >= 4 is 19.7 Å². The summed E-state index contributed by atoms with van der Waals surface area (Å²) in [7, 11) is 1.20. The van der Waals surface area contributed by atoms with Crippen molar-refractivity contribution in [3.63, 3.8) is 0 Å². The quantitative estimate of drug-likeness (QED) is 0.0212. The lowest BCUT2D eigenvalue weighted by Crippen LogP contribution is -2.47. The summed E-state index contributed by atoms with van der Waals surface area (Å²) in [6, 6.07) is -0.886. The predicted octanol–water partition coefficient (Wildman–Crippen LogP) is 20.6. The number of quaternary nitrogens is 1. The number of carbonyl (C=O) groups is 2. The Morgan fingerprint density at radius 2 is 0.772 bits per heavy atom. The number of hydrogen-bond donors (Lipinski definition) is 1. The lowest BCUT2D eigenvalue weighted by Gasteiger charge is -2.30. The Morgan fingerprint density at radius 1 is 0.443 bits per heavy atom. The Hall–Kier alpha value is -2.03. The van der Waals surface area contributed by atoms with E-state index in [0.717, 1.165) is 70.6 Å². The van der Waals surface area contributed by atoms with Crippen LogP contribution >= 0.6 is 7.82 Å². The van der Waals surface area contributed by atoms with Gasteiger partial charge in [0, 0.05) is 12.8 Å². The Morgan fingerprint density at radius 3 is 1.18 bits per heavy atom. The summed E-state index contributed by atoms with van der Waals surface area (Å²) in [5.41, 5.74) is 0. The Kier molecular flexibility index (Phi) is 57.6. The summed E-state index contributed by atoms with van der Waals surface area (Å²) in [4.78, 5) is 40.1. The molecule has 79 heavy (non-hydrogen) atoms. The fraction of sp³-hybridized carbons (Fsp3) is 0.855. The molecule has 0 saturated carbocycles. The lowest BCUT2D eigenvalue weighted by atomic mass is 10.0. The second-order valence-electron chi connectivity index (χ2n) is 24.3. The molecule has 0 rings (SSSR count). The molecule has 0 saturated heterocycles. The first-order valence-electron chi connectivity index (χ1n) is 33.9. The van der Waals surface area contributed by atoms with E-state index in [9.17, 15) is 19.0 Å². The van der Waals surface area contributed by atoms with E-state index in [0.29, 0.717) is 17.4 Å². The smallest absolute Gasteiger partial charge is 0.306 e. The van der Waals surface area contributed by atoms with E-state index < -0.39 is 20.0 Å². The molecule has 0 aromatic heterocycles. The van der Waals surface area contributed by atoms with Crippen LogP contribution in [0.15, 0.2) is 48.6 Å². The summed E-state index contributed by atoms with van der Waals surface area (Å²) in [5.74, 6) is -0.529. The van der Waals surface area contributed by atoms with Crippen molar-refractivity contribution in [2.75, 3.05) is 40.9 Å². The van der Waals surface area contributed by atoms with Gasteiger partial charge in [-0.2, -0.15) is 0 Å². The van der Waals surface area contributed by atoms with Crippen LogP contribution in [0.25, 0.3) is 0 Å². The normalized spacial score (nSPS) is 13.9. The van der Waals surface area contributed by atoms with Crippen molar-refractivity contribution in [3.05, 3.63) is 48.6 Å². The molecule has 0 spiro atoms. The van der Waals surface area contributed by atoms with Gasteiger partial charge in [-0.1, -0.05) is 294 Å². The number of carbonyl (C=O) groups excluding carboxylic acids is 2. The van der Waals surface area contributed by atoms with Gasteiger partial charge in [0.05, 0.1) is 33.8 Å². The molecule has 1 N–H and O–H groups in total. The lowest BCUT2D eigenvalue weighted by molar-refractivity contribution is -0.870. The number of phosphoric acid groups is 1. The molecule has 1 amide bonds. The van der Waals surface area contributed by atoms with Gasteiger partial charge in [-0.25, -0.2) is 0 Å². The molecular formula is C69H131N2O7P. The summed E-state index contributed by atoms with van der Waals surface area (Å²) in [6.07, 6.45) is 73.7. The fourth-order valence-electron chi connectivity index (χ4n) is 10.0. The van der Waals surface area contributed by atoms with Crippen molar-refractivity contribution in [1.29, 1.82) is 0 Å². The molecule has 9 nitrogen and oxygen atoms in total. The molecule has 0 fully saturated rings. The maximum Gasteiger partial charge on any atom is 0.306 e. The highest BCUT2D eigenvalue weighted by molar-refractivity contribution is 7.45. The van der Waals surface area contributed by atoms with Crippen LogP contribution in [-0.2, 0) is 27.9 Å². The molecule has 0 aromatic carbocycles. The monoisotopic (exact) mass is 1130 g/mol. The summed E-state index contributed by atoms with van der Waals surface area (Å²) >= 11 is 0. The van der Waals surface area contributed by atoms with Crippen molar-refractivity contribution in [1.82, 2.24) is 5.32 Å². The minimum absolute atomic E-state index is 0.0207. The molecule has 0 bridgehead atoms. The average Bonchev–Trinajstić information content (AvgIpc) is 3.41. The van der Waals surface area contributed by atoms with Gasteiger partial charge in [-0.15, -0.1) is 0 Å². The molecule has 3 unspecified atom stereocenters. The zero-order chi connectivity index (χ0) is 57.9. The second kappa shape index (κ2) is 59.1. The maximum absolute atomic E-state index is 13.5. The Bertz CT molecular complexity index is 1490. The molecule has 0 aliphatic carbocycles. The van der Waals surface area contributed by atoms with Crippen molar-refractivity contribution in [2.24, 2.45) is 0 Å². The Balaban J connectivity index is 5.04. The zero-order valence-corrected chi connectivity index (χ0v) is 54.0. The molecule has 464 valence electrons. The third-order valence-electron chi connectivity index (χ3n) is 15.3. The van der Waals surface area contributed by atoms with Crippen molar-refractivity contribution in [3.8, 4) is 0 Å². The predicted molar refractivity (Wildman–Crippen MR) is 339 cm³/mol. The molecule has 10 heteroatoms. The highest BCUT2D eigenvalue weighted by atomic mass is 31.2. The topological polar surface area (TPSA) is 114 Å². The molecule has 3 atom stereocenters. The number of amides is 1. The summed E-state index contributed by atoms with van der Waals surface area (Å²) in [5, 5.41) is 3.04. The number of unbranched alkanes of at least 4 members (excludes halogenated alkanes) is 40. The van der Waals surface area contributed by atoms with E-state index in [2.05, 4.69) is 62.5 Å². The molecule has 0 aliphatic heterocycles. The van der Waals surface area contributed by atoms with Gasteiger partial charge >= 0.3 is 5.97 Å². The molecule has 0 heterocycles. The minimum atomic E-state index is -4.70. The van der Waals surface area contributed by atoms with Crippen LogP contribution < -0.4 is 10.2 Å². The van der Waals surface area contributed by atoms with Crippen LogP contribution in [0.3, 0.4) is 0 Å². The number of likely N-dealkylation sites (N-methyl/N-ethyl adjacent to an activating group) is 1. The van der Waals surface area contributed by atoms with Crippen LogP contribution in [0.4, 0.5) is 0 Å². The van der Waals surface area contributed by atoms with E-state index >= 15 is 0 Å². The van der Waals surface area contributed by atoms with E-state index in [1.807, 2.05) is 33.3 Å². The first-order valence-corrected chi connectivity index (χ1v) is 35.4. The molecule has 0 radical (unpaired) electrons. The zero-order valence-electron chi connectivity index (χ0n) is 53.1. The standard InChI is InChI=1S/C69H131N2O7P/c1-7-10-13-16-19-22-25-27-29-31-32-33-34-35-36-37-38-40-42-44-47-50-53-56-59-62-69(73)78-67(60-57-54-51-48-45-24-21-18-15-12-9-3)66(65-77-79(74,75)76-64-63-71(4,5)6)70-68(72)61-58-55-52-49-46-43-41-39-30-28-26-23-20-17-14-11-8-2/h19,22,27,29,32-33,57,60,66-67H,7-18,20-21,23-26,28,30-31,34-56,58-59,61-65H2,1-6H3,(H-,70,72,74,75)/b22-19-,29-27-,33-32-,60-57+. The largest absolute Gasteiger partial charge is 0.756 e.